The minimum absolute atomic E-state index is 0.0665. The molecule has 15 heavy (non-hydrogen) atoms. The molecule has 0 aromatic carbocycles. The summed E-state index contributed by atoms with van der Waals surface area (Å²) in [5.41, 5.74) is 0.478. The zero-order valence-corrected chi connectivity index (χ0v) is 8.48. The topological polar surface area (TPSA) is 79.5 Å². The molecule has 0 radical (unpaired) electrons. The maximum absolute atomic E-state index is 11.4. The van der Waals surface area contributed by atoms with Crippen molar-refractivity contribution in [3.8, 4) is 6.07 Å². The summed E-state index contributed by atoms with van der Waals surface area (Å²) in [6.07, 6.45) is 1.41. The molecule has 0 aromatic heterocycles. The number of carbonyl (C=O) groups is 2. The number of allylic oxidation sites excluding steroid dienone is 1. The second-order valence-electron chi connectivity index (χ2n) is 2.97. The van der Waals surface area contributed by atoms with Gasteiger partial charge >= 0.3 is 5.97 Å². The van der Waals surface area contributed by atoms with E-state index in [4.69, 9.17) is 10.00 Å². The van der Waals surface area contributed by atoms with Crippen LogP contribution in [0.1, 0.15) is 13.8 Å². The number of ether oxygens (including phenoxy) is 1. The van der Waals surface area contributed by atoms with E-state index in [0.29, 0.717) is 5.71 Å². The molecule has 0 N–H and O–H groups in total. The van der Waals surface area contributed by atoms with Crippen LogP contribution in [0.4, 0.5) is 0 Å². The highest BCUT2D eigenvalue weighted by molar-refractivity contribution is 6.13. The summed E-state index contributed by atoms with van der Waals surface area (Å²) >= 11 is 0. The smallest absolute Gasteiger partial charge is 0.335 e. The Morgan fingerprint density at radius 1 is 1.73 bits per heavy atom. The van der Waals surface area contributed by atoms with Crippen molar-refractivity contribution in [1.82, 2.24) is 0 Å². The average molecular weight is 206 g/mol. The van der Waals surface area contributed by atoms with Gasteiger partial charge in [-0.3, -0.25) is 4.79 Å². The molecule has 0 fully saturated rings. The molecule has 0 saturated carbocycles. The van der Waals surface area contributed by atoms with Gasteiger partial charge in [-0.05, 0) is 19.9 Å². The second-order valence-corrected chi connectivity index (χ2v) is 2.97. The number of aliphatic imine (C=N–C) groups is 1. The molecule has 1 atom stereocenters. The molecule has 0 aromatic rings. The summed E-state index contributed by atoms with van der Waals surface area (Å²) < 4.78 is 4.74. The molecular formula is C10H10N2O3. The van der Waals surface area contributed by atoms with E-state index < -0.39 is 17.8 Å². The van der Waals surface area contributed by atoms with Crippen LogP contribution in [-0.2, 0) is 14.3 Å². The summed E-state index contributed by atoms with van der Waals surface area (Å²) in [5, 5.41) is 8.75. The van der Waals surface area contributed by atoms with Crippen molar-refractivity contribution < 1.29 is 14.3 Å². The molecule has 1 amide bonds. The minimum Gasteiger partial charge on any atom is -0.463 e. The van der Waals surface area contributed by atoms with E-state index in [1.54, 1.807) is 19.9 Å². The van der Waals surface area contributed by atoms with Gasteiger partial charge in [0.15, 0.2) is 5.92 Å². The number of amides is 1. The number of esters is 1. The van der Waals surface area contributed by atoms with E-state index in [-0.39, 0.29) is 12.2 Å². The van der Waals surface area contributed by atoms with E-state index in [2.05, 4.69) is 4.99 Å². The van der Waals surface area contributed by atoms with Gasteiger partial charge in [-0.2, -0.15) is 5.26 Å². The van der Waals surface area contributed by atoms with E-state index in [1.807, 2.05) is 0 Å². The molecule has 78 valence electrons. The summed E-state index contributed by atoms with van der Waals surface area (Å²) in [7, 11) is 0. The lowest BCUT2D eigenvalue weighted by Crippen LogP contribution is -2.25. The van der Waals surface area contributed by atoms with E-state index in [1.165, 1.54) is 6.08 Å². The predicted molar refractivity (Wildman–Crippen MR) is 51.9 cm³/mol. The first-order valence-electron chi connectivity index (χ1n) is 4.47. The van der Waals surface area contributed by atoms with Gasteiger partial charge in [0.2, 0.25) is 0 Å². The fraction of sp³-hybridized carbons (Fsp3) is 0.400. The zero-order chi connectivity index (χ0) is 11.4. The molecule has 5 heteroatoms. The highest BCUT2D eigenvalue weighted by Gasteiger charge is 2.31. The van der Waals surface area contributed by atoms with Gasteiger partial charge in [-0.15, -0.1) is 0 Å². The lowest BCUT2D eigenvalue weighted by atomic mass is 9.96. The minimum atomic E-state index is -1.13. The van der Waals surface area contributed by atoms with Crippen molar-refractivity contribution in [2.24, 2.45) is 10.9 Å². The Labute approximate surface area is 87.1 Å². The Kier molecular flexibility index (Phi) is 3.34. The largest absolute Gasteiger partial charge is 0.463 e. The van der Waals surface area contributed by atoms with Crippen LogP contribution in [0, 0.1) is 17.2 Å². The third-order valence-corrected chi connectivity index (χ3v) is 1.85. The fourth-order valence-electron chi connectivity index (χ4n) is 1.23. The van der Waals surface area contributed by atoms with E-state index in [0.717, 1.165) is 0 Å². The summed E-state index contributed by atoms with van der Waals surface area (Å²) in [4.78, 5) is 26.3. The normalized spacial score (nSPS) is 20.1. The first-order valence-corrected chi connectivity index (χ1v) is 4.47. The monoisotopic (exact) mass is 206 g/mol. The fourth-order valence-corrected chi connectivity index (χ4v) is 1.23. The van der Waals surface area contributed by atoms with Gasteiger partial charge in [-0.1, -0.05) is 0 Å². The van der Waals surface area contributed by atoms with Crippen LogP contribution in [0.2, 0.25) is 0 Å². The lowest BCUT2D eigenvalue weighted by molar-refractivity contribution is -0.140. The molecule has 1 aliphatic heterocycles. The van der Waals surface area contributed by atoms with Crippen LogP contribution in [0.5, 0.6) is 0 Å². The van der Waals surface area contributed by atoms with E-state index in [9.17, 15) is 9.59 Å². The maximum Gasteiger partial charge on any atom is 0.335 e. The second kappa shape index (κ2) is 4.51. The number of nitrogens with zero attached hydrogens (tertiary/aromatic N) is 2. The predicted octanol–water partition coefficient (Wildman–Crippen LogP) is 0.617. The number of hydrogen-bond acceptors (Lipinski definition) is 4. The molecule has 0 bridgehead atoms. The Morgan fingerprint density at radius 2 is 2.40 bits per heavy atom. The number of hydrogen-bond donors (Lipinski definition) is 0. The highest BCUT2D eigenvalue weighted by atomic mass is 16.5. The van der Waals surface area contributed by atoms with Gasteiger partial charge in [0.25, 0.3) is 5.91 Å². The standard InChI is InChI=1S/C10H10N2O3/c1-3-15-10(14)7-4-6(2)12-9(13)8(7)5-11/h4,8H,3H2,1-2H3. The molecule has 5 nitrogen and oxygen atoms in total. The van der Waals surface area contributed by atoms with Crippen LogP contribution >= 0.6 is 0 Å². The summed E-state index contributed by atoms with van der Waals surface area (Å²) in [5.74, 6) is -2.38. The van der Waals surface area contributed by atoms with Crippen LogP contribution in [0.3, 0.4) is 0 Å². The van der Waals surface area contributed by atoms with Crippen molar-refractivity contribution in [3.63, 3.8) is 0 Å². The van der Waals surface area contributed by atoms with Gasteiger partial charge in [0.05, 0.1) is 18.2 Å². The molecule has 0 aliphatic carbocycles. The number of nitriles is 1. The Bertz CT molecular complexity index is 401. The Hall–Kier alpha value is -1.96. The number of carbonyl (C=O) groups excluding carboxylic acids is 2. The SMILES string of the molecule is CCOC(=O)C1=CC(C)=NC(=O)C1C#N. The van der Waals surface area contributed by atoms with E-state index >= 15 is 0 Å². The quantitative estimate of drug-likeness (QED) is 0.620. The van der Waals surface area contributed by atoms with Crippen molar-refractivity contribution in [2.45, 2.75) is 13.8 Å². The third kappa shape index (κ3) is 2.29. The molecule has 1 unspecified atom stereocenters. The average Bonchev–Trinajstić information content (AvgIpc) is 2.17. The lowest BCUT2D eigenvalue weighted by Gasteiger charge is -2.13. The number of dihydropyridines is 1. The molecule has 1 rings (SSSR count). The van der Waals surface area contributed by atoms with Crippen molar-refractivity contribution >= 4 is 17.6 Å². The molecular weight excluding hydrogens is 196 g/mol. The molecule has 0 saturated heterocycles. The van der Waals surface area contributed by atoms with Crippen LogP contribution in [0.25, 0.3) is 0 Å². The molecule has 1 heterocycles. The third-order valence-electron chi connectivity index (χ3n) is 1.85. The summed E-state index contributed by atoms with van der Waals surface area (Å²) in [6, 6.07) is 1.74. The molecule has 1 aliphatic rings. The van der Waals surface area contributed by atoms with Gasteiger partial charge in [-0.25, -0.2) is 9.79 Å². The van der Waals surface area contributed by atoms with Crippen molar-refractivity contribution in [3.05, 3.63) is 11.6 Å². The number of rotatable bonds is 2. The van der Waals surface area contributed by atoms with Crippen LogP contribution < -0.4 is 0 Å². The zero-order valence-electron chi connectivity index (χ0n) is 8.48. The van der Waals surface area contributed by atoms with Crippen LogP contribution in [0.15, 0.2) is 16.6 Å². The first-order chi connectivity index (χ1) is 7.10. The van der Waals surface area contributed by atoms with Gasteiger partial charge in [0.1, 0.15) is 0 Å². The maximum atomic E-state index is 11.4. The first kappa shape index (κ1) is 11.1. The summed E-state index contributed by atoms with van der Waals surface area (Å²) in [6.45, 7) is 3.45. The van der Waals surface area contributed by atoms with Crippen molar-refractivity contribution in [1.29, 1.82) is 5.26 Å². The Morgan fingerprint density at radius 3 is 2.93 bits per heavy atom. The molecule has 0 spiro atoms. The Balaban J connectivity index is 3.03. The van der Waals surface area contributed by atoms with Gasteiger partial charge < -0.3 is 4.74 Å². The van der Waals surface area contributed by atoms with Gasteiger partial charge in [0, 0.05) is 5.71 Å². The van der Waals surface area contributed by atoms with Crippen LogP contribution in [-0.4, -0.2) is 24.2 Å². The van der Waals surface area contributed by atoms with Crippen molar-refractivity contribution in [2.75, 3.05) is 6.61 Å². The highest BCUT2D eigenvalue weighted by Crippen LogP contribution is 2.18.